The molecule has 6 nitrogen and oxygen atoms in total. The van der Waals surface area contributed by atoms with Gasteiger partial charge in [0.2, 0.25) is 11.8 Å². The first-order valence-electron chi connectivity index (χ1n) is 12.2. The molecule has 0 aliphatic carbocycles. The molecule has 1 N–H and O–H groups in total. The van der Waals surface area contributed by atoms with Crippen molar-refractivity contribution in [1.29, 1.82) is 0 Å². The van der Waals surface area contributed by atoms with E-state index >= 15 is 0 Å². The van der Waals surface area contributed by atoms with E-state index in [4.69, 9.17) is 4.74 Å². The van der Waals surface area contributed by atoms with Crippen LogP contribution in [0.4, 0.5) is 32.0 Å². The summed E-state index contributed by atoms with van der Waals surface area (Å²) in [7, 11) is 0. The number of halogens is 6. The van der Waals surface area contributed by atoms with E-state index in [-0.39, 0.29) is 43.3 Å². The van der Waals surface area contributed by atoms with Gasteiger partial charge in [-0.15, -0.1) is 0 Å². The number of carbonyl (C=O) groups is 2. The van der Waals surface area contributed by atoms with Crippen LogP contribution in [0.1, 0.15) is 22.3 Å². The van der Waals surface area contributed by atoms with Crippen LogP contribution in [0.15, 0.2) is 76.8 Å². The van der Waals surface area contributed by atoms with Crippen molar-refractivity contribution >= 4 is 35.3 Å². The molecule has 41 heavy (non-hydrogen) atoms. The average molecular weight is 596 g/mol. The van der Waals surface area contributed by atoms with Gasteiger partial charge in [0.1, 0.15) is 0 Å². The van der Waals surface area contributed by atoms with E-state index in [0.29, 0.717) is 17.3 Å². The van der Waals surface area contributed by atoms with Crippen LogP contribution in [0.3, 0.4) is 0 Å². The van der Waals surface area contributed by atoms with Crippen molar-refractivity contribution in [3.63, 3.8) is 0 Å². The highest BCUT2D eigenvalue weighted by Crippen LogP contribution is 2.48. The first-order chi connectivity index (χ1) is 19.4. The van der Waals surface area contributed by atoms with Gasteiger partial charge in [0.05, 0.1) is 30.8 Å². The Labute approximate surface area is 235 Å². The summed E-state index contributed by atoms with van der Waals surface area (Å²) in [6.45, 7) is 0.961. The fourth-order valence-corrected chi connectivity index (χ4v) is 5.16. The molecule has 13 heteroatoms. The monoisotopic (exact) mass is 595 g/mol. The van der Waals surface area contributed by atoms with Crippen LogP contribution in [0, 0.1) is 0 Å². The molecule has 0 atom stereocenters. The third-order valence-electron chi connectivity index (χ3n) is 5.93. The van der Waals surface area contributed by atoms with Gasteiger partial charge in [-0.05, 0) is 47.5 Å². The minimum Gasteiger partial charge on any atom is -0.378 e. The molecule has 2 aromatic carbocycles. The molecule has 1 aliphatic rings. The number of benzene rings is 2. The van der Waals surface area contributed by atoms with Crippen LogP contribution in [-0.4, -0.2) is 48.0 Å². The Morgan fingerprint density at radius 2 is 1.71 bits per heavy atom. The number of alkyl halides is 6. The normalized spacial score (nSPS) is 14.3. The van der Waals surface area contributed by atoms with Crippen molar-refractivity contribution in [2.24, 2.45) is 0 Å². The zero-order valence-electron chi connectivity index (χ0n) is 21.3. The van der Waals surface area contributed by atoms with Crippen LogP contribution in [0.2, 0.25) is 0 Å². The van der Waals surface area contributed by atoms with Gasteiger partial charge in [-0.3, -0.25) is 14.6 Å². The molecule has 0 unspecified atom stereocenters. The summed E-state index contributed by atoms with van der Waals surface area (Å²) in [6, 6.07) is 11.0. The van der Waals surface area contributed by atoms with Crippen LogP contribution >= 0.6 is 11.8 Å². The lowest BCUT2D eigenvalue weighted by atomic mass is 9.99. The summed E-state index contributed by atoms with van der Waals surface area (Å²) in [5, 5.41) is 2.63. The van der Waals surface area contributed by atoms with E-state index in [0.717, 1.165) is 24.3 Å². The zero-order valence-corrected chi connectivity index (χ0v) is 22.1. The maximum absolute atomic E-state index is 14.2. The topological polar surface area (TPSA) is 71.5 Å². The molecule has 2 heterocycles. The number of amides is 2. The Kier molecular flexibility index (Phi) is 9.38. The van der Waals surface area contributed by atoms with Gasteiger partial charge in [-0.2, -0.15) is 26.3 Å². The number of ether oxygens (including phenoxy) is 1. The molecule has 0 radical (unpaired) electrons. The van der Waals surface area contributed by atoms with E-state index < -0.39 is 45.8 Å². The van der Waals surface area contributed by atoms with Crippen LogP contribution in [-0.2, 0) is 33.1 Å². The van der Waals surface area contributed by atoms with Gasteiger partial charge in [-0.25, -0.2) is 0 Å². The lowest BCUT2D eigenvalue weighted by Crippen LogP contribution is -2.39. The van der Waals surface area contributed by atoms with Gasteiger partial charge in [0.15, 0.2) is 0 Å². The molecule has 0 bridgehead atoms. The highest BCUT2D eigenvalue weighted by molar-refractivity contribution is 7.99. The Morgan fingerprint density at radius 3 is 2.37 bits per heavy atom. The molecule has 3 aromatic rings. The maximum Gasteiger partial charge on any atom is 0.418 e. The lowest BCUT2D eigenvalue weighted by molar-refractivity contribution is -0.163. The number of carbonyl (C=O) groups excluding carboxylic acids is 2. The molecule has 1 saturated heterocycles. The van der Waals surface area contributed by atoms with Crippen LogP contribution in [0.5, 0.6) is 0 Å². The van der Waals surface area contributed by atoms with Crippen molar-refractivity contribution in [3.05, 3.63) is 89.3 Å². The van der Waals surface area contributed by atoms with Gasteiger partial charge < -0.3 is 15.0 Å². The van der Waals surface area contributed by atoms with Gasteiger partial charge in [0, 0.05) is 47.0 Å². The minimum atomic E-state index is -5.37. The fraction of sp³-hybridized carbons (Fsp3) is 0.250. The summed E-state index contributed by atoms with van der Waals surface area (Å²) in [6.07, 6.45) is -6.08. The standard InChI is InChI=1S/C28H23F6N3O3S/c29-27(30,31)25-19(7-9-24(39)37-11-13-40-14-12-37)6-8-22(26(25)28(32,33)34)41-21-5-1-4-20(16-21)36-23(38)15-18-3-2-10-35-17-18/h1-10,16-17H,11-15H2,(H,36,38)/b9-7+. The predicted molar refractivity (Wildman–Crippen MR) is 140 cm³/mol. The van der Waals surface area contributed by atoms with Crippen molar-refractivity contribution in [1.82, 2.24) is 9.88 Å². The molecule has 1 fully saturated rings. The molecular formula is C28H23F6N3O3S. The Hall–Kier alpha value is -3.84. The first kappa shape index (κ1) is 30.1. The second-order valence-corrected chi connectivity index (χ2v) is 10.0. The van der Waals surface area contributed by atoms with Crippen molar-refractivity contribution in [2.75, 3.05) is 31.6 Å². The first-order valence-corrected chi connectivity index (χ1v) is 13.1. The predicted octanol–water partition coefficient (Wildman–Crippen LogP) is 6.32. The molecule has 4 rings (SSSR count). The number of hydrogen-bond acceptors (Lipinski definition) is 5. The summed E-state index contributed by atoms with van der Waals surface area (Å²) in [5.41, 5.74) is -3.63. The van der Waals surface area contributed by atoms with E-state index in [1.165, 1.54) is 35.4 Å². The average Bonchev–Trinajstić information content (AvgIpc) is 2.92. The SMILES string of the molecule is O=C(Cc1cccnc1)Nc1cccc(Sc2ccc(/C=C/C(=O)N3CCOCC3)c(C(F)(F)F)c2C(F)(F)F)c1. The van der Waals surface area contributed by atoms with E-state index in [9.17, 15) is 35.9 Å². The molecular weight excluding hydrogens is 572 g/mol. The number of anilines is 1. The number of nitrogens with one attached hydrogen (secondary N) is 1. The number of morpholine rings is 1. The fourth-order valence-electron chi connectivity index (χ4n) is 4.12. The van der Waals surface area contributed by atoms with Gasteiger partial charge in [-0.1, -0.05) is 30.0 Å². The van der Waals surface area contributed by atoms with Gasteiger partial charge >= 0.3 is 12.4 Å². The van der Waals surface area contributed by atoms with E-state index in [1.807, 2.05) is 0 Å². The van der Waals surface area contributed by atoms with Gasteiger partial charge in [0.25, 0.3) is 0 Å². The van der Waals surface area contributed by atoms with Crippen molar-refractivity contribution in [3.8, 4) is 0 Å². The third kappa shape index (κ3) is 8.10. The minimum absolute atomic E-state index is 0.00138. The molecule has 1 aliphatic heterocycles. The molecule has 1 aromatic heterocycles. The molecule has 2 amide bonds. The van der Waals surface area contributed by atoms with Crippen LogP contribution in [0.25, 0.3) is 6.08 Å². The smallest absolute Gasteiger partial charge is 0.378 e. The largest absolute Gasteiger partial charge is 0.418 e. The molecule has 0 saturated carbocycles. The van der Waals surface area contributed by atoms with E-state index in [2.05, 4.69) is 10.3 Å². The second-order valence-electron chi connectivity index (χ2n) is 8.89. The molecule has 0 spiro atoms. The Bertz CT molecular complexity index is 1420. The third-order valence-corrected chi connectivity index (χ3v) is 6.98. The lowest BCUT2D eigenvalue weighted by Gasteiger charge is -2.25. The highest BCUT2D eigenvalue weighted by Gasteiger charge is 2.46. The molecule has 216 valence electrons. The number of rotatable bonds is 7. The van der Waals surface area contributed by atoms with E-state index in [1.54, 1.807) is 18.3 Å². The summed E-state index contributed by atoms with van der Waals surface area (Å²) >= 11 is 0.478. The number of hydrogen-bond donors (Lipinski definition) is 1. The van der Waals surface area contributed by atoms with Crippen LogP contribution < -0.4 is 5.32 Å². The zero-order chi connectivity index (χ0) is 29.6. The quantitative estimate of drug-likeness (QED) is 0.256. The summed E-state index contributed by atoms with van der Waals surface area (Å²) in [5.74, 6) is -1.03. The maximum atomic E-state index is 14.2. The highest BCUT2D eigenvalue weighted by atomic mass is 32.2. The second kappa shape index (κ2) is 12.8. The summed E-state index contributed by atoms with van der Waals surface area (Å²) < 4.78 is 90.0. The number of nitrogens with zero attached hydrogens (tertiary/aromatic N) is 2. The number of pyridine rings is 1. The Morgan fingerprint density at radius 1 is 0.976 bits per heavy atom. The number of aromatic nitrogens is 1. The van der Waals surface area contributed by atoms with Crippen molar-refractivity contribution < 1.29 is 40.7 Å². The summed E-state index contributed by atoms with van der Waals surface area (Å²) in [4.78, 5) is 29.5. The van der Waals surface area contributed by atoms with Crippen molar-refractivity contribution in [2.45, 2.75) is 28.6 Å². The Balaban J connectivity index is 1.62.